The van der Waals surface area contributed by atoms with E-state index in [4.69, 9.17) is 0 Å². The molecule has 4 heteroatoms. The Morgan fingerprint density at radius 1 is 1.32 bits per heavy atom. The van der Waals surface area contributed by atoms with E-state index in [-0.39, 0.29) is 23.2 Å². The number of amides is 1. The van der Waals surface area contributed by atoms with Crippen LogP contribution in [0.1, 0.15) is 63.0 Å². The lowest BCUT2D eigenvalue weighted by molar-refractivity contribution is -0.122. The van der Waals surface area contributed by atoms with Crippen molar-refractivity contribution in [2.45, 2.75) is 64.3 Å². The molecule has 0 aromatic heterocycles. The molecule has 1 atom stereocenters. The summed E-state index contributed by atoms with van der Waals surface area (Å²) in [6, 6.07) is 5.31. The molecular weight excluding hydrogens is 315 g/mol. The van der Waals surface area contributed by atoms with Gasteiger partial charge in [-0.15, -0.1) is 0 Å². The lowest BCUT2D eigenvalue weighted by Gasteiger charge is -2.35. The highest BCUT2D eigenvalue weighted by Gasteiger charge is 2.35. The number of rotatable bonds is 7. The molecule has 1 saturated carbocycles. The number of carbonyl (C=O) groups is 1. The maximum absolute atomic E-state index is 13.6. The van der Waals surface area contributed by atoms with Crippen molar-refractivity contribution in [2.24, 2.45) is 5.92 Å². The van der Waals surface area contributed by atoms with E-state index in [9.17, 15) is 9.18 Å². The molecule has 1 N–H and O–H groups in total. The van der Waals surface area contributed by atoms with Crippen LogP contribution in [-0.4, -0.2) is 36.0 Å². The summed E-state index contributed by atoms with van der Waals surface area (Å²) in [5.41, 5.74) is 1.78. The molecule has 1 amide bonds. The van der Waals surface area contributed by atoms with Gasteiger partial charge in [0.1, 0.15) is 5.82 Å². The van der Waals surface area contributed by atoms with Crippen molar-refractivity contribution in [3.63, 3.8) is 0 Å². The number of likely N-dealkylation sites (tertiary alicyclic amines) is 1. The zero-order valence-corrected chi connectivity index (χ0v) is 15.8. The van der Waals surface area contributed by atoms with Gasteiger partial charge in [-0.3, -0.25) is 9.69 Å². The van der Waals surface area contributed by atoms with E-state index in [0.717, 1.165) is 18.7 Å². The summed E-state index contributed by atoms with van der Waals surface area (Å²) in [6.07, 6.45) is 5.36. The van der Waals surface area contributed by atoms with Crippen LogP contribution in [0.5, 0.6) is 0 Å². The molecule has 0 radical (unpaired) electrons. The van der Waals surface area contributed by atoms with Gasteiger partial charge < -0.3 is 5.32 Å². The molecule has 1 aliphatic carbocycles. The summed E-state index contributed by atoms with van der Waals surface area (Å²) in [5, 5.41) is 3.15. The SMILES string of the molecule is Cc1cc(C(CC(=O)NCC(C)(C)N2CCCC2)C2CC2)ccc1F. The summed E-state index contributed by atoms with van der Waals surface area (Å²) in [4.78, 5) is 15.0. The number of benzene rings is 1. The van der Waals surface area contributed by atoms with Gasteiger partial charge in [0.2, 0.25) is 5.91 Å². The van der Waals surface area contributed by atoms with Crippen LogP contribution < -0.4 is 5.32 Å². The van der Waals surface area contributed by atoms with E-state index in [0.29, 0.717) is 24.4 Å². The lowest BCUT2D eigenvalue weighted by Crippen LogP contribution is -2.50. The molecule has 25 heavy (non-hydrogen) atoms. The molecule has 1 aliphatic heterocycles. The second-order valence-electron chi connectivity index (χ2n) is 8.44. The smallest absolute Gasteiger partial charge is 0.220 e. The van der Waals surface area contributed by atoms with E-state index in [1.54, 1.807) is 6.92 Å². The number of carbonyl (C=O) groups excluding carboxylic acids is 1. The van der Waals surface area contributed by atoms with Crippen LogP contribution in [0.2, 0.25) is 0 Å². The van der Waals surface area contributed by atoms with Crippen molar-refractivity contribution < 1.29 is 9.18 Å². The van der Waals surface area contributed by atoms with Gasteiger partial charge in [0.25, 0.3) is 0 Å². The van der Waals surface area contributed by atoms with Crippen LogP contribution in [0, 0.1) is 18.7 Å². The van der Waals surface area contributed by atoms with E-state index >= 15 is 0 Å². The maximum atomic E-state index is 13.6. The minimum absolute atomic E-state index is 0.00764. The zero-order valence-electron chi connectivity index (χ0n) is 15.8. The van der Waals surface area contributed by atoms with Crippen LogP contribution in [0.3, 0.4) is 0 Å². The van der Waals surface area contributed by atoms with Gasteiger partial charge in [-0.05, 0) is 88.6 Å². The third-order valence-electron chi connectivity index (χ3n) is 5.89. The van der Waals surface area contributed by atoms with Crippen molar-refractivity contribution in [1.29, 1.82) is 0 Å². The summed E-state index contributed by atoms with van der Waals surface area (Å²) < 4.78 is 13.6. The molecule has 138 valence electrons. The molecule has 3 rings (SSSR count). The van der Waals surface area contributed by atoms with Crippen LogP contribution in [-0.2, 0) is 4.79 Å². The average Bonchev–Trinajstić information content (AvgIpc) is 3.25. The molecule has 3 nitrogen and oxygen atoms in total. The predicted octanol–water partition coefficient (Wildman–Crippen LogP) is 4.01. The second kappa shape index (κ2) is 7.45. The molecule has 2 aliphatic rings. The molecule has 0 spiro atoms. The number of halogens is 1. The normalized spacial score (nSPS) is 19.8. The van der Waals surface area contributed by atoms with Gasteiger partial charge in [-0.2, -0.15) is 0 Å². The van der Waals surface area contributed by atoms with Gasteiger partial charge >= 0.3 is 0 Å². The number of hydrogen-bond donors (Lipinski definition) is 1. The quantitative estimate of drug-likeness (QED) is 0.809. The highest BCUT2D eigenvalue weighted by atomic mass is 19.1. The summed E-state index contributed by atoms with van der Waals surface area (Å²) in [6.45, 7) is 9.15. The third-order valence-corrected chi connectivity index (χ3v) is 5.89. The van der Waals surface area contributed by atoms with Gasteiger partial charge in [-0.1, -0.05) is 12.1 Å². The fourth-order valence-corrected chi connectivity index (χ4v) is 3.97. The first-order valence-electron chi connectivity index (χ1n) is 9.64. The van der Waals surface area contributed by atoms with E-state index in [1.807, 2.05) is 12.1 Å². The Kier molecular flexibility index (Phi) is 5.47. The Bertz CT molecular complexity index is 618. The van der Waals surface area contributed by atoms with Gasteiger partial charge in [0.05, 0.1) is 0 Å². The molecular formula is C21H31FN2O. The van der Waals surface area contributed by atoms with Crippen LogP contribution >= 0.6 is 0 Å². The number of hydrogen-bond acceptors (Lipinski definition) is 2. The van der Waals surface area contributed by atoms with Crippen LogP contribution in [0.25, 0.3) is 0 Å². The van der Waals surface area contributed by atoms with E-state index < -0.39 is 0 Å². The number of nitrogens with zero attached hydrogens (tertiary/aromatic N) is 1. The van der Waals surface area contributed by atoms with Crippen molar-refractivity contribution >= 4 is 5.91 Å². The van der Waals surface area contributed by atoms with Gasteiger partial charge in [0, 0.05) is 18.5 Å². The van der Waals surface area contributed by atoms with Crippen molar-refractivity contribution in [3.8, 4) is 0 Å². The molecule has 1 aromatic carbocycles. The summed E-state index contributed by atoms with van der Waals surface area (Å²) in [7, 11) is 0. The first kappa shape index (κ1) is 18.4. The minimum atomic E-state index is -0.171. The van der Waals surface area contributed by atoms with Crippen molar-refractivity contribution in [1.82, 2.24) is 10.2 Å². The van der Waals surface area contributed by atoms with Gasteiger partial charge in [-0.25, -0.2) is 4.39 Å². The summed E-state index contributed by atoms with van der Waals surface area (Å²) >= 11 is 0. The molecule has 1 unspecified atom stereocenters. The average molecular weight is 346 g/mol. The van der Waals surface area contributed by atoms with Crippen LogP contribution in [0.4, 0.5) is 4.39 Å². The monoisotopic (exact) mass is 346 g/mol. The Morgan fingerprint density at radius 2 is 2.00 bits per heavy atom. The second-order valence-corrected chi connectivity index (χ2v) is 8.44. The molecule has 1 heterocycles. The standard InChI is InChI=1S/C21H31FN2O/c1-15-12-17(8-9-19(15)22)18(16-6-7-16)13-20(25)23-14-21(2,3)24-10-4-5-11-24/h8-9,12,16,18H,4-7,10-11,13-14H2,1-3H3,(H,23,25). The first-order valence-corrected chi connectivity index (χ1v) is 9.64. The summed E-state index contributed by atoms with van der Waals surface area (Å²) in [5.74, 6) is 0.734. The predicted molar refractivity (Wildman–Crippen MR) is 99.1 cm³/mol. The minimum Gasteiger partial charge on any atom is -0.354 e. The molecule has 1 aromatic rings. The topological polar surface area (TPSA) is 32.3 Å². The highest BCUT2D eigenvalue weighted by molar-refractivity contribution is 5.77. The largest absolute Gasteiger partial charge is 0.354 e. The van der Waals surface area contributed by atoms with E-state index in [2.05, 4.69) is 24.1 Å². The van der Waals surface area contributed by atoms with Crippen LogP contribution in [0.15, 0.2) is 18.2 Å². The fourth-order valence-electron chi connectivity index (χ4n) is 3.97. The number of nitrogens with one attached hydrogen (secondary N) is 1. The Morgan fingerprint density at radius 3 is 2.60 bits per heavy atom. The molecule has 2 fully saturated rings. The van der Waals surface area contributed by atoms with Gasteiger partial charge in [0.15, 0.2) is 0 Å². The first-order chi connectivity index (χ1) is 11.9. The highest BCUT2D eigenvalue weighted by Crippen LogP contribution is 2.44. The zero-order chi connectivity index (χ0) is 18.0. The number of aryl methyl sites for hydroxylation is 1. The third kappa shape index (κ3) is 4.60. The van der Waals surface area contributed by atoms with Crippen molar-refractivity contribution in [2.75, 3.05) is 19.6 Å². The Hall–Kier alpha value is -1.42. The Balaban J connectivity index is 1.58. The molecule has 1 saturated heterocycles. The Labute approximate surface area is 151 Å². The van der Waals surface area contributed by atoms with E-state index in [1.165, 1.54) is 31.7 Å². The van der Waals surface area contributed by atoms with Crippen molar-refractivity contribution in [3.05, 3.63) is 35.1 Å². The molecule has 0 bridgehead atoms. The fraction of sp³-hybridized carbons (Fsp3) is 0.667. The maximum Gasteiger partial charge on any atom is 0.220 e. The lowest BCUT2D eigenvalue weighted by atomic mass is 9.89.